The largest absolute Gasteiger partial charge is 0.311 e. The number of rotatable bonds is 1. The topological polar surface area (TPSA) is 22.8 Å². The smallest absolute Gasteiger partial charge is 0.166 e. The molecule has 3 rings (SSSR count). The maximum Gasteiger partial charge on any atom is 0.166 e. The minimum absolute atomic E-state index is 0.126. The quantitative estimate of drug-likeness (QED) is 0.650. The van der Waals surface area contributed by atoms with Gasteiger partial charge in [-0.1, -0.05) is 17.7 Å². The van der Waals surface area contributed by atoms with Crippen molar-refractivity contribution >= 4 is 22.5 Å². The first kappa shape index (κ1) is 10.4. The average Bonchev–Trinajstić information content (AvgIpc) is 2.89. The van der Waals surface area contributed by atoms with Crippen LogP contribution in [0.1, 0.15) is 0 Å². The van der Waals surface area contributed by atoms with E-state index < -0.39 is 5.82 Å². The minimum Gasteiger partial charge on any atom is -0.311 e. The number of hydrogen-bond donors (Lipinski definition) is 0. The van der Waals surface area contributed by atoms with Crippen LogP contribution in [0.2, 0.25) is 5.02 Å². The monoisotopic (exact) mass is 249 g/mol. The van der Waals surface area contributed by atoms with Crippen LogP contribution in [-0.2, 0) is 7.05 Å². The first-order valence-electron chi connectivity index (χ1n) is 5.11. The average molecular weight is 250 g/mol. The molecular weight excluding hydrogens is 241 g/mol. The molecule has 0 amide bonds. The molecule has 2 aromatic heterocycles. The molecule has 0 aliphatic carbocycles. The van der Waals surface area contributed by atoms with Gasteiger partial charge in [-0.05, 0) is 12.1 Å². The second-order valence-corrected chi connectivity index (χ2v) is 4.26. The van der Waals surface area contributed by atoms with E-state index in [0.29, 0.717) is 5.52 Å². The molecule has 5 heteroatoms. The van der Waals surface area contributed by atoms with Gasteiger partial charge < -0.3 is 4.57 Å². The Kier molecular flexibility index (Phi) is 2.19. The van der Waals surface area contributed by atoms with Gasteiger partial charge in [0.15, 0.2) is 5.82 Å². The van der Waals surface area contributed by atoms with Crippen molar-refractivity contribution in [3.63, 3.8) is 0 Å². The summed E-state index contributed by atoms with van der Waals surface area (Å²) in [4.78, 5) is 0. The van der Waals surface area contributed by atoms with Crippen molar-refractivity contribution in [3.05, 3.63) is 47.6 Å². The van der Waals surface area contributed by atoms with Crippen LogP contribution in [0.4, 0.5) is 4.39 Å². The van der Waals surface area contributed by atoms with Gasteiger partial charge in [0.1, 0.15) is 0 Å². The lowest BCUT2D eigenvalue weighted by molar-refractivity contribution is 0.635. The van der Waals surface area contributed by atoms with E-state index in [1.165, 1.54) is 0 Å². The fourth-order valence-corrected chi connectivity index (χ4v) is 2.06. The lowest BCUT2D eigenvalue weighted by Gasteiger charge is -2.03. The highest BCUT2D eigenvalue weighted by molar-refractivity contribution is 6.31. The van der Waals surface area contributed by atoms with Gasteiger partial charge in [0.05, 0.1) is 22.4 Å². The molecule has 0 spiro atoms. The van der Waals surface area contributed by atoms with Crippen LogP contribution in [0.5, 0.6) is 0 Å². The third-order valence-corrected chi connectivity index (χ3v) is 3.01. The van der Waals surface area contributed by atoms with Crippen LogP contribution in [0.25, 0.3) is 16.6 Å². The summed E-state index contributed by atoms with van der Waals surface area (Å²) in [6.45, 7) is 0. The number of benzene rings is 1. The molecule has 3 nitrogen and oxygen atoms in total. The van der Waals surface area contributed by atoms with Crippen LogP contribution in [-0.4, -0.2) is 14.3 Å². The van der Waals surface area contributed by atoms with E-state index in [2.05, 4.69) is 5.10 Å². The highest BCUT2D eigenvalue weighted by Crippen LogP contribution is 2.27. The van der Waals surface area contributed by atoms with Gasteiger partial charge in [-0.15, -0.1) is 0 Å². The van der Waals surface area contributed by atoms with Crippen LogP contribution >= 0.6 is 11.6 Å². The van der Waals surface area contributed by atoms with Crippen LogP contribution in [0.3, 0.4) is 0 Å². The second-order valence-electron chi connectivity index (χ2n) is 3.86. The summed E-state index contributed by atoms with van der Waals surface area (Å²) >= 11 is 5.80. The highest BCUT2D eigenvalue weighted by Gasteiger charge is 2.12. The first-order valence-corrected chi connectivity index (χ1v) is 5.48. The summed E-state index contributed by atoms with van der Waals surface area (Å²) in [5.41, 5.74) is 1.29. The van der Waals surface area contributed by atoms with Gasteiger partial charge in [0, 0.05) is 24.8 Å². The van der Waals surface area contributed by atoms with E-state index in [1.807, 2.05) is 19.3 Å². The van der Waals surface area contributed by atoms with Gasteiger partial charge in [-0.25, -0.2) is 4.39 Å². The van der Waals surface area contributed by atoms with Crippen LogP contribution in [0, 0.1) is 5.82 Å². The van der Waals surface area contributed by atoms with Gasteiger partial charge in [-0.2, -0.15) is 5.10 Å². The molecule has 0 radical (unpaired) electrons. The number of fused-ring (bicyclic) bond motifs is 1. The van der Waals surface area contributed by atoms with Crippen molar-refractivity contribution < 1.29 is 4.39 Å². The molecule has 0 aliphatic rings. The van der Waals surface area contributed by atoms with E-state index in [9.17, 15) is 4.39 Å². The van der Waals surface area contributed by atoms with Crippen LogP contribution in [0.15, 0.2) is 36.8 Å². The summed E-state index contributed by atoms with van der Waals surface area (Å²) in [6, 6.07) is 5.21. The number of aryl methyl sites for hydroxylation is 1. The van der Waals surface area contributed by atoms with Gasteiger partial charge in [0.2, 0.25) is 0 Å². The first-order chi connectivity index (χ1) is 8.16. The van der Waals surface area contributed by atoms with Crippen molar-refractivity contribution in [1.82, 2.24) is 14.3 Å². The lowest BCUT2D eigenvalue weighted by atomic mass is 10.2. The normalized spacial score (nSPS) is 11.2. The van der Waals surface area contributed by atoms with Crippen molar-refractivity contribution in [2.45, 2.75) is 0 Å². The molecule has 1 aromatic carbocycles. The Labute approximate surface area is 102 Å². The molecule has 86 valence electrons. The molecule has 0 saturated carbocycles. The van der Waals surface area contributed by atoms with E-state index in [-0.39, 0.29) is 5.02 Å². The maximum atomic E-state index is 14.0. The zero-order valence-electron chi connectivity index (χ0n) is 9.06. The van der Waals surface area contributed by atoms with E-state index >= 15 is 0 Å². The van der Waals surface area contributed by atoms with Gasteiger partial charge in [0.25, 0.3) is 0 Å². The third kappa shape index (κ3) is 1.52. The molecule has 0 aliphatic heterocycles. The minimum atomic E-state index is -0.405. The van der Waals surface area contributed by atoms with E-state index in [1.54, 1.807) is 33.8 Å². The molecular formula is C12H9ClFN3. The van der Waals surface area contributed by atoms with E-state index in [0.717, 1.165) is 11.1 Å². The Morgan fingerprint density at radius 3 is 2.82 bits per heavy atom. The summed E-state index contributed by atoms with van der Waals surface area (Å²) in [5.74, 6) is -0.405. The van der Waals surface area contributed by atoms with Gasteiger partial charge >= 0.3 is 0 Å². The Bertz CT molecular complexity index is 699. The molecule has 0 atom stereocenters. The van der Waals surface area contributed by atoms with Crippen LogP contribution < -0.4 is 0 Å². The Morgan fingerprint density at radius 1 is 1.29 bits per heavy atom. The highest BCUT2D eigenvalue weighted by atomic mass is 35.5. The zero-order valence-corrected chi connectivity index (χ0v) is 9.82. The Balaban J connectivity index is 2.34. The molecule has 17 heavy (non-hydrogen) atoms. The molecule has 0 saturated heterocycles. The Hall–Kier alpha value is -1.81. The van der Waals surface area contributed by atoms with Crippen molar-refractivity contribution in [3.8, 4) is 5.69 Å². The van der Waals surface area contributed by atoms with Crippen molar-refractivity contribution in [1.29, 1.82) is 0 Å². The molecule has 0 fully saturated rings. The molecule has 0 N–H and O–H groups in total. The number of aromatic nitrogens is 3. The number of halogens is 2. The zero-order chi connectivity index (χ0) is 12.0. The molecule has 0 bridgehead atoms. The standard InChI is InChI=1S/C12H9ClFN3/c1-16-7-9(6-15-16)17-5-4-8-2-3-10(13)11(14)12(8)17/h2-7H,1H3. The number of hydrogen-bond acceptors (Lipinski definition) is 1. The number of nitrogens with zero attached hydrogens (tertiary/aromatic N) is 3. The van der Waals surface area contributed by atoms with Crippen molar-refractivity contribution in [2.75, 3.05) is 0 Å². The summed E-state index contributed by atoms with van der Waals surface area (Å²) in [5, 5.41) is 5.01. The summed E-state index contributed by atoms with van der Waals surface area (Å²) in [7, 11) is 1.82. The van der Waals surface area contributed by atoms with E-state index in [4.69, 9.17) is 11.6 Å². The maximum absolute atomic E-state index is 14.0. The summed E-state index contributed by atoms with van der Waals surface area (Å²) in [6.07, 6.45) is 5.31. The molecule has 2 heterocycles. The fourth-order valence-electron chi connectivity index (χ4n) is 1.91. The predicted octanol–water partition coefficient (Wildman–Crippen LogP) is 3.16. The van der Waals surface area contributed by atoms with Gasteiger partial charge in [-0.3, -0.25) is 4.68 Å². The lowest BCUT2D eigenvalue weighted by Crippen LogP contribution is -1.93. The predicted molar refractivity (Wildman–Crippen MR) is 65.0 cm³/mol. The Morgan fingerprint density at radius 2 is 2.12 bits per heavy atom. The molecule has 3 aromatic rings. The summed E-state index contributed by atoms with van der Waals surface area (Å²) < 4.78 is 17.4. The molecule has 0 unspecified atom stereocenters. The third-order valence-electron chi connectivity index (χ3n) is 2.71. The fraction of sp³-hybridized carbons (Fsp3) is 0.0833. The van der Waals surface area contributed by atoms with Crippen molar-refractivity contribution in [2.24, 2.45) is 7.05 Å². The second kappa shape index (κ2) is 3.60. The SMILES string of the molecule is Cn1cc(-n2ccc3ccc(Cl)c(F)c32)cn1.